The van der Waals surface area contributed by atoms with Gasteiger partial charge in [0.2, 0.25) is 0 Å². The summed E-state index contributed by atoms with van der Waals surface area (Å²) in [5, 5.41) is 4.94. The third kappa shape index (κ3) is 3.82. The van der Waals surface area contributed by atoms with Crippen LogP contribution in [0.4, 0.5) is 5.69 Å². The first kappa shape index (κ1) is 14.7. The summed E-state index contributed by atoms with van der Waals surface area (Å²) in [4.78, 5) is 15.6. The lowest BCUT2D eigenvalue weighted by Crippen LogP contribution is -2.12. The maximum atomic E-state index is 11.7. The highest BCUT2D eigenvalue weighted by Crippen LogP contribution is 2.23. The molecular weight excluding hydrogens is 268 g/mol. The van der Waals surface area contributed by atoms with E-state index in [-0.39, 0.29) is 5.91 Å². The average molecular weight is 283 g/mol. The number of nitrogens with one attached hydrogen (secondary N) is 1. The van der Waals surface area contributed by atoms with Crippen molar-refractivity contribution in [3.8, 4) is 0 Å². The molecule has 1 N–H and O–H groups in total. The van der Waals surface area contributed by atoms with Gasteiger partial charge in [-0.3, -0.25) is 4.79 Å². The second-order valence-electron chi connectivity index (χ2n) is 3.31. The molecule has 0 spiro atoms. The van der Waals surface area contributed by atoms with E-state index < -0.39 is 0 Å². The number of rotatable bonds is 2. The van der Waals surface area contributed by atoms with Crippen molar-refractivity contribution in [2.75, 3.05) is 5.32 Å². The molecule has 18 heavy (non-hydrogen) atoms. The van der Waals surface area contributed by atoms with E-state index in [0.29, 0.717) is 16.4 Å². The first-order valence-electron chi connectivity index (χ1n) is 5.62. The van der Waals surface area contributed by atoms with Crippen LogP contribution in [0.3, 0.4) is 0 Å². The number of thiazole rings is 1. The molecule has 0 aliphatic heterocycles. The fraction of sp³-hybridized carbons (Fsp3) is 0.231. The Balaban J connectivity index is 0.000000771. The molecule has 3 nitrogen and oxygen atoms in total. The average Bonchev–Trinajstić information content (AvgIpc) is 2.89. The van der Waals surface area contributed by atoms with Gasteiger partial charge in [-0.25, -0.2) is 4.98 Å². The Morgan fingerprint density at radius 1 is 1.39 bits per heavy atom. The first-order valence-corrected chi connectivity index (χ1v) is 6.94. The number of hydrogen-bond donors (Lipinski definition) is 1. The molecule has 96 valence electrons. The molecule has 1 amide bonds. The van der Waals surface area contributed by atoms with Gasteiger partial charge in [-0.05, 0) is 24.6 Å². The number of aryl methyl sites for hydroxylation is 1. The Kier molecular flexibility index (Phi) is 5.82. The lowest BCUT2D eigenvalue weighted by atomic mass is 10.2. The highest BCUT2D eigenvalue weighted by Gasteiger charge is 2.09. The number of anilines is 1. The summed E-state index contributed by atoms with van der Waals surface area (Å²) < 4.78 is 0. The van der Waals surface area contributed by atoms with Gasteiger partial charge in [0.25, 0.3) is 5.91 Å². The van der Waals surface area contributed by atoms with Crippen LogP contribution in [0, 0.1) is 6.92 Å². The van der Waals surface area contributed by atoms with Crippen LogP contribution in [0.5, 0.6) is 0 Å². The van der Waals surface area contributed by atoms with Crippen LogP contribution in [-0.4, -0.2) is 10.9 Å². The van der Waals surface area contributed by atoms with Gasteiger partial charge >= 0.3 is 0 Å². The normalized spacial score (nSPS) is 9.33. The van der Waals surface area contributed by atoms with Gasteiger partial charge < -0.3 is 5.32 Å². The minimum absolute atomic E-state index is 0.244. The van der Waals surface area contributed by atoms with Crippen LogP contribution in [-0.2, 0) is 0 Å². The second kappa shape index (κ2) is 7.13. The fourth-order valence-electron chi connectivity index (χ4n) is 1.23. The van der Waals surface area contributed by atoms with Gasteiger partial charge in [0.05, 0.1) is 16.2 Å². The molecule has 2 aromatic rings. The molecule has 0 fully saturated rings. The minimum Gasteiger partial charge on any atom is -0.319 e. The molecule has 0 bridgehead atoms. The van der Waals surface area contributed by atoms with Crippen molar-refractivity contribution in [1.82, 2.24) is 4.98 Å². The van der Waals surface area contributed by atoms with Crippen LogP contribution in [0.1, 0.15) is 29.9 Å². The van der Waals surface area contributed by atoms with E-state index in [1.54, 1.807) is 23.0 Å². The number of benzene rings is 1. The summed E-state index contributed by atoms with van der Waals surface area (Å²) >= 11 is 7.38. The Hall–Kier alpha value is -1.39. The van der Waals surface area contributed by atoms with E-state index in [1.807, 2.05) is 26.8 Å². The molecule has 2 rings (SSSR count). The van der Waals surface area contributed by atoms with Gasteiger partial charge in [0, 0.05) is 5.38 Å². The number of carbonyl (C=O) groups excluding carboxylic acids is 1. The minimum atomic E-state index is -0.244. The van der Waals surface area contributed by atoms with E-state index in [1.165, 1.54) is 11.3 Å². The van der Waals surface area contributed by atoms with Crippen LogP contribution in [0.25, 0.3) is 0 Å². The molecule has 1 heterocycles. The Morgan fingerprint density at radius 3 is 2.67 bits per heavy atom. The zero-order valence-corrected chi connectivity index (χ0v) is 12.1. The van der Waals surface area contributed by atoms with Gasteiger partial charge in [-0.15, -0.1) is 11.3 Å². The lowest BCUT2D eigenvalue weighted by Gasteiger charge is -2.06. The van der Waals surface area contributed by atoms with Crippen molar-refractivity contribution >= 4 is 34.5 Å². The molecule has 0 atom stereocenters. The highest BCUT2D eigenvalue weighted by molar-refractivity contribution is 7.07. The number of amides is 1. The van der Waals surface area contributed by atoms with E-state index >= 15 is 0 Å². The van der Waals surface area contributed by atoms with Crippen molar-refractivity contribution in [2.45, 2.75) is 20.8 Å². The van der Waals surface area contributed by atoms with Crippen LogP contribution < -0.4 is 5.32 Å². The fourth-order valence-corrected chi connectivity index (χ4v) is 2.05. The second-order valence-corrected chi connectivity index (χ2v) is 4.44. The van der Waals surface area contributed by atoms with E-state index in [9.17, 15) is 4.79 Å². The number of nitrogens with zero attached hydrogens (tertiary/aromatic N) is 1. The molecule has 1 aromatic heterocycles. The molecule has 0 radical (unpaired) electrons. The smallest absolute Gasteiger partial charge is 0.275 e. The van der Waals surface area contributed by atoms with E-state index in [4.69, 9.17) is 11.6 Å². The molecule has 0 saturated heterocycles. The largest absolute Gasteiger partial charge is 0.319 e. The first-order chi connectivity index (χ1) is 8.66. The van der Waals surface area contributed by atoms with Crippen LogP contribution in [0.15, 0.2) is 29.1 Å². The van der Waals surface area contributed by atoms with Crippen molar-refractivity contribution in [3.63, 3.8) is 0 Å². The Bertz CT molecular complexity index is 512. The predicted octanol–water partition coefficient (Wildman–Crippen LogP) is 4.38. The monoisotopic (exact) mass is 282 g/mol. The molecule has 1 aromatic carbocycles. The Morgan fingerprint density at radius 2 is 2.11 bits per heavy atom. The number of aromatic nitrogens is 1. The SMILES string of the molecule is CC.Cc1ccc(NC(=O)c2cscn2)c(Cl)c1. The summed E-state index contributed by atoms with van der Waals surface area (Å²) in [7, 11) is 0. The zero-order valence-electron chi connectivity index (χ0n) is 10.5. The molecule has 0 saturated carbocycles. The topological polar surface area (TPSA) is 42.0 Å². The van der Waals surface area contributed by atoms with Gasteiger partial charge in [-0.1, -0.05) is 31.5 Å². The van der Waals surface area contributed by atoms with E-state index in [2.05, 4.69) is 10.3 Å². The molecule has 0 aliphatic rings. The van der Waals surface area contributed by atoms with Crippen LogP contribution >= 0.6 is 22.9 Å². The summed E-state index contributed by atoms with van der Waals surface area (Å²) in [6.45, 7) is 5.94. The highest BCUT2D eigenvalue weighted by atomic mass is 35.5. The third-order valence-corrected chi connectivity index (χ3v) is 2.94. The number of hydrogen-bond acceptors (Lipinski definition) is 3. The lowest BCUT2D eigenvalue weighted by molar-refractivity contribution is 0.102. The van der Waals surface area contributed by atoms with Gasteiger partial charge in [0.1, 0.15) is 5.69 Å². The molecular formula is C13H15ClN2OS. The zero-order chi connectivity index (χ0) is 13.5. The Labute approximate surface area is 116 Å². The van der Waals surface area contributed by atoms with Gasteiger partial charge in [-0.2, -0.15) is 0 Å². The maximum absolute atomic E-state index is 11.7. The van der Waals surface area contributed by atoms with Gasteiger partial charge in [0.15, 0.2) is 0 Å². The number of halogens is 1. The van der Waals surface area contributed by atoms with E-state index in [0.717, 1.165) is 5.56 Å². The summed E-state index contributed by atoms with van der Waals surface area (Å²) in [6.07, 6.45) is 0. The quantitative estimate of drug-likeness (QED) is 0.888. The van der Waals surface area contributed by atoms with Crippen molar-refractivity contribution < 1.29 is 4.79 Å². The summed E-state index contributed by atoms with van der Waals surface area (Å²) in [5.41, 5.74) is 3.68. The molecule has 0 unspecified atom stereocenters. The molecule has 0 aliphatic carbocycles. The van der Waals surface area contributed by atoms with Crippen molar-refractivity contribution in [1.29, 1.82) is 0 Å². The number of carbonyl (C=O) groups is 1. The summed E-state index contributed by atoms with van der Waals surface area (Å²) in [5.74, 6) is -0.244. The third-order valence-electron chi connectivity index (χ3n) is 2.04. The molecule has 5 heteroatoms. The van der Waals surface area contributed by atoms with Crippen molar-refractivity contribution in [2.24, 2.45) is 0 Å². The standard InChI is InChI=1S/C11H9ClN2OS.C2H6/c1-7-2-3-9(8(12)4-7)14-11(15)10-5-16-6-13-10;1-2/h2-6H,1H3,(H,14,15);1-2H3. The maximum Gasteiger partial charge on any atom is 0.275 e. The predicted molar refractivity (Wildman–Crippen MR) is 77.6 cm³/mol. The van der Waals surface area contributed by atoms with Crippen molar-refractivity contribution in [3.05, 3.63) is 45.4 Å². The van der Waals surface area contributed by atoms with Crippen LogP contribution in [0.2, 0.25) is 5.02 Å². The summed E-state index contributed by atoms with van der Waals surface area (Å²) in [6, 6.07) is 5.47.